The molecule has 0 aliphatic heterocycles. The van der Waals surface area contributed by atoms with Gasteiger partial charge in [0, 0.05) is 0 Å². The summed E-state index contributed by atoms with van der Waals surface area (Å²) in [5.74, 6) is -2.64. The van der Waals surface area contributed by atoms with Crippen molar-refractivity contribution in [1.29, 1.82) is 0 Å². The summed E-state index contributed by atoms with van der Waals surface area (Å²) in [5, 5.41) is 28.9. The van der Waals surface area contributed by atoms with Crippen LogP contribution in [0.2, 0.25) is 0 Å². The number of carboxylic acids is 3. The lowest BCUT2D eigenvalue weighted by atomic mass is 10.0. The van der Waals surface area contributed by atoms with Gasteiger partial charge in [0.15, 0.2) is 0 Å². The van der Waals surface area contributed by atoms with E-state index in [1.807, 2.05) is 45.9 Å². The lowest BCUT2D eigenvalue weighted by Gasteiger charge is -2.17. The molecule has 0 radical (unpaired) electrons. The van der Waals surface area contributed by atoms with Crippen molar-refractivity contribution in [2.75, 3.05) is 0 Å². The van der Waals surface area contributed by atoms with Gasteiger partial charge in [0.1, 0.15) is 18.1 Å². The molecule has 0 bridgehead atoms. The largest absolute Gasteiger partial charge is 0.480 e. The third kappa shape index (κ3) is 11.2. The van der Waals surface area contributed by atoms with E-state index in [1.165, 1.54) is 18.1 Å². The van der Waals surface area contributed by atoms with Crippen molar-refractivity contribution in [3.05, 3.63) is 34.9 Å². The molecule has 8 nitrogen and oxygen atoms in total. The molecule has 164 valence electrons. The van der Waals surface area contributed by atoms with Gasteiger partial charge in [-0.3, -0.25) is 19.7 Å². The summed E-state index contributed by atoms with van der Waals surface area (Å²) >= 11 is 0. The van der Waals surface area contributed by atoms with Gasteiger partial charge in [0.2, 0.25) is 0 Å². The number of hydrogen-bond donors (Lipinski definition) is 5. The Morgan fingerprint density at radius 2 is 1.55 bits per heavy atom. The zero-order valence-corrected chi connectivity index (χ0v) is 17.8. The summed E-state index contributed by atoms with van der Waals surface area (Å²) in [5.41, 5.74) is 8.64. The lowest BCUT2D eigenvalue weighted by molar-refractivity contribution is -0.142. The molecule has 3 atom stereocenters. The minimum atomic E-state index is -1.05. The second-order valence-electron chi connectivity index (χ2n) is 7.65. The molecule has 0 amide bonds. The fourth-order valence-corrected chi connectivity index (χ4v) is 2.53. The molecule has 6 N–H and O–H groups in total. The maximum Gasteiger partial charge on any atom is 0.320 e. The Balaban J connectivity index is 0.000000734. The molecular formula is C21H34N2O6. The second kappa shape index (κ2) is 12.9. The highest BCUT2D eigenvalue weighted by atomic mass is 16.4. The third-order valence-corrected chi connectivity index (χ3v) is 4.46. The minimum Gasteiger partial charge on any atom is -0.480 e. The van der Waals surface area contributed by atoms with Crippen molar-refractivity contribution in [3.63, 3.8) is 0 Å². The van der Waals surface area contributed by atoms with Gasteiger partial charge in [-0.05, 0) is 62.6 Å². The molecule has 0 saturated carbocycles. The van der Waals surface area contributed by atoms with Gasteiger partial charge in [-0.2, -0.15) is 0 Å². The van der Waals surface area contributed by atoms with E-state index in [1.54, 1.807) is 0 Å². The Kier molecular flexibility index (Phi) is 11.8. The van der Waals surface area contributed by atoms with Crippen LogP contribution in [0.5, 0.6) is 0 Å². The molecule has 0 aliphatic carbocycles. The van der Waals surface area contributed by atoms with Gasteiger partial charge in [0.05, 0.1) is 0 Å². The van der Waals surface area contributed by atoms with Crippen molar-refractivity contribution in [3.8, 4) is 0 Å². The number of rotatable bonds is 10. The van der Waals surface area contributed by atoms with Gasteiger partial charge in [-0.1, -0.05) is 32.0 Å². The SMILES string of the molecule is CC(C)CC(N)C(=O)O.Cc1ccc(CC[C@H](N[C@H](C)C(=O)O)C(=O)O)cc1C. The second-order valence-corrected chi connectivity index (χ2v) is 7.65. The van der Waals surface area contributed by atoms with Crippen LogP contribution in [0.1, 0.15) is 50.3 Å². The van der Waals surface area contributed by atoms with Crippen molar-refractivity contribution < 1.29 is 29.7 Å². The van der Waals surface area contributed by atoms with Gasteiger partial charge in [-0.15, -0.1) is 0 Å². The molecule has 1 aromatic carbocycles. The molecular weight excluding hydrogens is 376 g/mol. The summed E-state index contributed by atoms with van der Waals surface area (Å²) in [7, 11) is 0. The number of aliphatic carboxylic acids is 3. The number of nitrogens with two attached hydrogens (primary N) is 1. The quantitative estimate of drug-likeness (QED) is 0.394. The summed E-state index contributed by atoms with van der Waals surface area (Å²) in [6.45, 7) is 9.37. The first kappa shape index (κ1) is 26.6. The van der Waals surface area contributed by atoms with Crippen LogP contribution < -0.4 is 11.1 Å². The van der Waals surface area contributed by atoms with E-state index in [4.69, 9.17) is 21.1 Å². The normalized spacial score (nSPS) is 13.8. The Hall–Kier alpha value is -2.45. The average Bonchev–Trinajstić information content (AvgIpc) is 2.60. The van der Waals surface area contributed by atoms with Gasteiger partial charge >= 0.3 is 17.9 Å². The predicted molar refractivity (Wildman–Crippen MR) is 111 cm³/mol. The molecule has 0 heterocycles. The first-order valence-corrected chi connectivity index (χ1v) is 9.61. The number of nitrogens with one attached hydrogen (secondary N) is 1. The Morgan fingerprint density at radius 3 is 1.93 bits per heavy atom. The number of benzene rings is 1. The van der Waals surface area contributed by atoms with Gasteiger partial charge in [0.25, 0.3) is 0 Å². The van der Waals surface area contributed by atoms with Crippen molar-refractivity contribution in [1.82, 2.24) is 5.32 Å². The van der Waals surface area contributed by atoms with Crippen molar-refractivity contribution in [2.24, 2.45) is 11.7 Å². The highest BCUT2D eigenvalue weighted by Gasteiger charge is 2.22. The van der Waals surface area contributed by atoms with E-state index in [0.717, 1.165) is 5.56 Å². The molecule has 0 aromatic heterocycles. The molecule has 1 unspecified atom stereocenters. The van der Waals surface area contributed by atoms with Crippen LogP contribution in [0.15, 0.2) is 18.2 Å². The van der Waals surface area contributed by atoms with E-state index in [0.29, 0.717) is 25.2 Å². The van der Waals surface area contributed by atoms with E-state index in [9.17, 15) is 14.4 Å². The van der Waals surface area contributed by atoms with Crippen LogP contribution >= 0.6 is 0 Å². The van der Waals surface area contributed by atoms with Gasteiger partial charge in [-0.25, -0.2) is 0 Å². The maximum absolute atomic E-state index is 11.1. The summed E-state index contributed by atoms with van der Waals surface area (Å²) in [6, 6.07) is 3.59. The smallest absolute Gasteiger partial charge is 0.320 e. The standard InChI is InChI=1S/C15H21NO4.C6H13NO2/c1-9-4-5-12(8-10(9)2)6-7-13(15(19)20)16-11(3)14(17)18;1-4(2)3-5(7)6(8)9/h4-5,8,11,13,16H,6-7H2,1-3H3,(H,17,18)(H,19,20);4-5H,3,7H2,1-2H3,(H,8,9)/t11-,13+;/m1./s1. The lowest BCUT2D eigenvalue weighted by Crippen LogP contribution is -2.45. The summed E-state index contributed by atoms with van der Waals surface area (Å²) in [6.07, 6.45) is 1.50. The van der Waals surface area contributed by atoms with E-state index < -0.39 is 36.0 Å². The van der Waals surface area contributed by atoms with Crippen LogP contribution in [0, 0.1) is 19.8 Å². The van der Waals surface area contributed by atoms with Crippen molar-refractivity contribution >= 4 is 17.9 Å². The number of aryl methyl sites for hydroxylation is 3. The maximum atomic E-state index is 11.1. The highest BCUT2D eigenvalue weighted by Crippen LogP contribution is 2.12. The zero-order chi connectivity index (χ0) is 22.7. The average molecular weight is 411 g/mol. The first-order chi connectivity index (χ1) is 13.3. The zero-order valence-electron chi connectivity index (χ0n) is 17.8. The number of hydrogen-bond acceptors (Lipinski definition) is 5. The van der Waals surface area contributed by atoms with Crippen LogP contribution in [0.4, 0.5) is 0 Å². The monoisotopic (exact) mass is 410 g/mol. The fourth-order valence-electron chi connectivity index (χ4n) is 2.53. The third-order valence-electron chi connectivity index (χ3n) is 4.46. The molecule has 8 heteroatoms. The molecule has 0 saturated heterocycles. The van der Waals surface area contributed by atoms with Gasteiger partial charge < -0.3 is 21.1 Å². The Morgan fingerprint density at radius 1 is 0.966 bits per heavy atom. The van der Waals surface area contributed by atoms with Crippen LogP contribution in [0.3, 0.4) is 0 Å². The van der Waals surface area contributed by atoms with Crippen molar-refractivity contribution in [2.45, 2.75) is 72.0 Å². The highest BCUT2D eigenvalue weighted by molar-refractivity contribution is 5.77. The number of carboxylic acid groups (broad SMARTS) is 3. The molecule has 0 fully saturated rings. The van der Waals surface area contributed by atoms with E-state index in [-0.39, 0.29) is 0 Å². The minimum absolute atomic E-state index is 0.357. The molecule has 0 aliphatic rings. The van der Waals surface area contributed by atoms with Crippen LogP contribution in [-0.4, -0.2) is 51.4 Å². The van der Waals surface area contributed by atoms with E-state index in [2.05, 4.69) is 5.32 Å². The van der Waals surface area contributed by atoms with E-state index >= 15 is 0 Å². The molecule has 0 spiro atoms. The molecule has 1 rings (SSSR count). The summed E-state index contributed by atoms with van der Waals surface area (Å²) < 4.78 is 0. The Labute approximate surface area is 172 Å². The predicted octanol–water partition coefficient (Wildman–Crippen LogP) is 2.20. The fraction of sp³-hybridized carbons (Fsp3) is 0.571. The van der Waals surface area contributed by atoms with Crippen LogP contribution in [-0.2, 0) is 20.8 Å². The summed E-state index contributed by atoms with van der Waals surface area (Å²) in [4.78, 5) is 32.0. The Bertz CT molecular complexity index is 690. The van der Waals surface area contributed by atoms with Crippen LogP contribution in [0.25, 0.3) is 0 Å². The topological polar surface area (TPSA) is 150 Å². The molecule has 1 aromatic rings. The number of carbonyl (C=O) groups is 3. The molecule has 29 heavy (non-hydrogen) atoms. The first-order valence-electron chi connectivity index (χ1n) is 9.61.